The summed E-state index contributed by atoms with van der Waals surface area (Å²) in [7, 11) is 1.65. The van der Waals surface area contributed by atoms with Crippen molar-refractivity contribution in [2.45, 2.75) is 51.0 Å². The van der Waals surface area contributed by atoms with Gasteiger partial charge in [0.25, 0.3) is 0 Å². The van der Waals surface area contributed by atoms with Gasteiger partial charge in [0.2, 0.25) is 5.91 Å². The van der Waals surface area contributed by atoms with Crippen molar-refractivity contribution in [3.63, 3.8) is 0 Å². The number of amides is 1. The first-order valence-electron chi connectivity index (χ1n) is 7.90. The molecule has 0 aromatic heterocycles. The summed E-state index contributed by atoms with van der Waals surface area (Å²) < 4.78 is 5.11. The second-order valence-corrected chi connectivity index (χ2v) is 5.66. The van der Waals surface area contributed by atoms with Crippen LogP contribution in [0.4, 0.5) is 0 Å². The Morgan fingerprint density at radius 1 is 1.10 bits per heavy atom. The van der Waals surface area contributed by atoms with E-state index in [1.807, 2.05) is 30.3 Å². The summed E-state index contributed by atoms with van der Waals surface area (Å²) in [6.07, 6.45) is 12.1. The first-order chi connectivity index (χ1) is 10.3. The quantitative estimate of drug-likeness (QED) is 0.852. The van der Waals surface area contributed by atoms with Gasteiger partial charge in [0, 0.05) is 12.1 Å². The van der Waals surface area contributed by atoms with Crippen LogP contribution >= 0.6 is 0 Å². The predicted molar refractivity (Wildman–Crippen MR) is 86.3 cm³/mol. The normalized spacial score (nSPS) is 17.2. The number of nitrogens with one attached hydrogen (secondary N) is 1. The molecule has 1 saturated carbocycles. The number of hydrogen-bond donors (Lipinski definition) is 1. The number of carbonyl (C=O) groups excluding carboxylic acids is 1. The highest BCUT2D eigenvalue weighted by Gasteiger charge is 2.12. The lowest BCUT2D eigenvalue weighted by atomic mass is 9.97. The molecule has 0 aliphatic heterocycles. The highest BCUT2D eigenvalue weighted by atomic mass is 16.5. The van der Waals surface area contributed by atoms with E-state index in [4.69, 9.17) is 4.74 Å². The van der Waals surface area contributed by atoms with Crippen LogP contribution in [0, 0.1) is 0 Å². The number of carbonyl (C=O) groups is 1. The molecular formula is C18H25NO2. The van der Waals surface area contributed by atoms with E-state index in [0.29, 0.717) is 6.04 Å². The Kier molecular flexibility index (Phi) is 6.32. The van der Waals surface area contributed by atoms with E-state index >= 15 is 0 Å². The summed E-state index contributed by atoms with van der Waals surface area (Å²) in [5, 5.41) is 3.13. The van der Waals surface area contributed by atoms with Crippen LogP contribution in [0.25, 0.3) is 6.08 Å². The Morgan fingerprint density at radius 2 is 1.71 bits per heavy atom. The standard InChI is InChI=1S/C18H25NO2/c1-21-17-12-9-15(10-13-17)11-14-18(20)19-16-7-5-3-2-4-6-8-16/h9-14,16H,2-8H2,1H3,(H,19,20)/b14-11-. The van der Waals surface area contributed by atoms with Crippen LogP contribution in [0.3, 0.4) is 0 Å². The molecule has 1 amide bonds. The van der Waals surface area contributed by atoms with E-state index in [0.717, 1.165) is 24.2 Å². The molecule has 0 bridgehead atoms. The molecule has 0 spiro atoms. The lowest BCUT2D eigenvalue weighted by Gasteiger charge is -2.20. The van der Waals surface area contributed by atoms with Crippen LogP contribution in [-0.4, -0.2) is 19.1 Å². The zero-order chi connectivity index (χ0) is 14.9. The maximum absolute atomic E-state index is 12.0. The van der Waals surface area contributed by atoms with Crippen molar-refractivity contribution in [2.75, 3.05) is 7.11 Å². The molecule has 0 radical (unpaired) electrons. The zero-order valence-corrected chi connectivity index (χ0v) is 12.8. The SMILES string of the molecule is COc1ccc(/C=C\C(=O)NC2CCCCCCC2)cc1. The monoisotopic (exact) mass is 287 g/mol. The molecule has 0 atom stereocenters. The van der Waals surface area contributed by atoms with Crippen molar-refractivity contribution in [3.05, 3.63) is 35.9 Å². The van der Waals surface area contributed by atoms with Crippen molar-refractivity contribution >= 4 is 12.0 Å². The first kappa shape index (κ1) is 15.6. The van der Waals surface area contributed by atoms with Crippen LogP contribution in [0.1, 0.15) is 50.5 Å². The smallest absolute Gasteiger partial charge is 0.244 e. The minimum atomic E-state index is 0.0105. The number of methoxy groups -OCH3 is 1. The Bertz CT molecular complexity index is 457. The lowest BCUT2D eigenvalue weighted by Crippen LogP contribution is -2.34. The molecule has 1 aromatic rings. The largest absolute Gasteiger partial charge is 0.497 e. The molecule has 0 saturated heterocycles. The number of hydrogen-bond acceptors (Lipinski definition) is 2. The van der Waals surface area contributed by atoms with Crippen LogP contribution in [0.5, 0.6) is 5.75 Å². The molecule has 1 aliphatic rings. The van der Waals surface area contributed by atoms with E-state index in [9.17, 15) is 4.79 Å². The molecule has 2 rings (SSSR count). The summed E-state index contributed by atoms with van der Waals surface area (Å²) in [6, 6.07) is 8.02. The van der Waals surface area contributed by atoms with Gasteiger partial charge in [-0.25, -0.2) is 0 Å². The van der Waals surface area contributed by atoms with Crippen molar-refractivity contribution < 1.29 is 9.53 Å². The maximum Gasteiger partial charge on any atom is 0.244 e. The van der Waals surface area contributed by atoms with Gasteiger partial charge in [0.15, 0.2) is 0 Å². The summed E-state index contributed by atoms with van der Waals surface area (Å²) in [5.41, 5.74) is 1.00. The number of benzene rings is 1. The van der Waals surface area contributed by atoms with Crippen molar-refractivity contribution in [1.29, 1.82) is 0 Å². The summed E-state index contributed by atoms with van der Waals surface area (Å²) in [6.45, 7) is 0. The highest BCUT2D eigenvalue weighted by molar-refractivity contribution is 5.91. The molecule has 1 aliphatic carbocycles. The summed E-state index contributed by atoms with van der Waals surface area (Å²) in [5.74, 6) is 0.836. The van der Waals surface area contributed by atoms with Crippen LogP contribution in [-0.2, 0) is 4.79 Å². The molecule has 114 valence electrons. The van der Waals surface area contributed by atoms with E-state index in [2.05, 4.69) is 5.32 Å². The topological polar surface area (TPSA) is 38.3 Å². The van der Waals surface area contributed by atoms with Gasteiger partial charge in [0.05, 0.1) is 7.11 Å². The number of rotatable bonds is 4. The average Bonchev–Trinajstić information content (AvgIpc) is 2.48. The van der Waals surface area contributed by atoms with Gasteiger partial charge >= 0.3 is 0 Å². The second kappa shape index (κ2) is 8.50. The van der Waals surface area contributed by atoms with Gasteiger partial charge in [-0.1, -0.05) is 44.2 Å². The molecule has 1 fully saturated rings. The summed E-state index contributed by atoms with van der Waals surface area (Å²) >= 11 is 0. The van der Waals surface area contributed by atoms with Gasteiger partial charge in [-0.05, 0) is 36.6 Å². The molecule has 1 aromatic carbocycles. The minimum Gasteiger partial charge on any atom is -0.497 e. The molecule has 0 heterocycles. The van der Waals surface area contributed by atoms with E-state index < -0.39 is 0 Å². The fraction of sp³-hybridized carbons (Fsp3) is 0.500. The van der Waals surface area contributed by atoms with Gasteiger partial charge in [0.1, 0.15) is 5.75 Å². The van der Waals surface area contributed by atoms with Gasteiger partial charge in [-0.15, -0.1) is 0 Å². The fourth-order valence-electron chi connectivity index (χ4n) is 2.74. The van der Waals surface area contributed by atoms with E-state index in [-0.39, 0.29) is 5.91 Å². The Hall–Kier alpha value is -1.77. The zero-order valence-electron chi connectivity index (χ0n) is 12.8. The first-order valence-corrected chi connectivity index (χ1v) is 7.90. The maximum atomic E-state index is 12.0. The summed E-state index contributed by atoms with van der Waals surface area (Å²) in [4.78, 5) is 12.0. The molecule has 21 heavy (non-hydrogen) atoms. The van der Waals surface area contributed by atoms with Crippen LogP contribution in [0.2, 0.25) is 0 Å². The van der Waals surface area contributed by atoms with Crippen LogP contribution < -0.4 is 10.1 Å². The Balaban J connectivity index is 1.83. The molecule has 3 heteroatoms. The molecule has 0 unspecified atom stereocenters. The van der Waals surface area contributed by atoms with Crippen molar-refractivity contribution in [1.82, 2.24) is 5.32 Å². The third-order valence-corrected chi connectivity index (χ3v) is 3.99. The third-order valence-electron chi connectivity index (χ3n) is 3.99. The minimum absolute atomic E-state index is 0.0105. The highest BCUT2D eigenvalue weighted by Crippen LogP contribution is 2.17. The van der Waals surface area contributed by atoms with Crippen molar-refractivity contribution in [3.8, 4) is 5.75 Å². The average molecular weight is 287 g/mol. The second-order valence-electron chi connectivity index (χ2n) is 5.66. The Labute approximate surface area is 127 Å². The van der Waals surface area contributed by atoms with Gasteiger partial charge in [-0.2, -0.15) is 0 Å². The Morgan fingerprint density at radius 3 is 2.33 bits per heavy atom. The van der Waals surface area contributed by atoms with E-state index in [1.165, 1.54) is 32.1 Å². The third kappa shape index (κ3) is 5.62. The van der Waals surface area contributed by atoms with Gasteiger partial charge in [-0.3, -0.25) is 4.79 Å². The predicted octanol–water partition coefficient (Wildman–Crippen LogP) is 3.94. The van der Waals surface area contributed by atoms with E-state index in [1.54, 1.807) is 13.2 Å². The molecule has 3 nitrogen and oxygen atoms in total. The molecular weight excluding hydrogens is 262 g/mol. The lowest BCUT2D eigenvalue weighted by molar-refractivity contribution is -0.117. The van der Waals surface area contributed by atoms with Crippen LogP contribution in [0.15, 0.2) is 30.3 Å². The number of ether oxygens (including phenoxy) is 1. The fourth-order valence-corrected chi connectivity index (χ4v) is 2.74. The van der Waals surface area contributed by atoms with Crippen molar-refractivity contribution in [2.24, 2.45) is 0 Å². The van der Waals surface area contributed by atoms with Gasteiger partial charge < -0.3 is 10.1 Å². The molecule has 1 N–H and O–H groups in total.